The number of likely N-dealkylation sites (N-methyl/N-ethyl adjacent to an activating group) is 1. The third kappa shape index (κ3) is 4.95. The summed E-state index contributed by atoms with van der Waals surface area (Å²) < 4.78 is 40.9. The number of hydrogen-bond acceptors (Lipinski definition) is 2. The lowest BCUT2D eigenvalue weighted by molar-refractivity contribution is -0.274. The summed E-state index contributed by atoms with van der Waals surface area (Å²) in [5.74, 6) is -0.727. The number of halogens is 4. The standard InChI is InChI=1S/C11H11BrF3NO2/c1-2-16-10(17)5-7-3-4-8(12)6-9(7)18-11(13,14)15/h3-4,6H,2,5H2,1H3,(H,16,17). The van der Waals surface area contributed by atoms with Crippen LogP contribution >= 0.6 is 15.9 Å². The van der Waals surface area contributed by atoms with Crippen LogP contribution in [0.2, 0.25) is 0 Å². The van der Waals surface area contributed by atoms with Crippen LogP contribution < -0.4 is 10.1 Å². The topological polar surface area (TPSA) is 38.3 Å². The molecule has 0 spiro atoms. The number of benzene rings is 1. The third-order valence-electron chi connectivity index (χ3n) is 1.98. The highest BCUT2D eigenvalue weighted by Crippen LogP contribution is 2.29. The van der Waals surface area contributed by atoms with E-state index in [2.05, 4.69) is 26.0 Å². The molecule has 0 aliphatic heterocycles. The van der Waals surface area contributed by atoms with Crippen LogP contribution in [0.15, 0.2) is 22.7 Å². The molecule has 0 fully saturated rings. The fourth-order valence-corrected chi connectivity index (χ4v) is 1.67. The summed E-state index contributed by atoms with van der Waals surface area (Å²) in [5, 5.41) is 2.51. The molecule has 7 heteroatoms. The number of rotatable bonds is 4. The van der Waals surface area contributed by atoms with E-state index >= 15 is 0 Å². The van der Waals surface area contributed by atoms with E-state index in [9.17, 15) is 18.0 Å². The van der Waals surface area contributed by atoms with E-state index < -0.39 is 6.36 Å². The van der Waals surface area contributed by atoms with Gasteiger partial charge in [-0.3, -0.25) is 4.79 Å². The molecule has 1 amide bonds. The number of carbonyl (C=O) groups is 1. The second kappa shape index (κ2) is 6.08. The molecule has 0 bridgehead atoms. The van der Waals surface area contributed by atoms with E-state index in [1.807, 2.05) is 0 Å². The summed E-state index contributed by atoms with van der Waals surface area (Å²) in [4.78, 5) is 11.4. The Labute approximate surface area is 110 Å². The maximum Gasteiger partial charge on any atom is 0.573 e. The number of amides is 1. The van der Waals surface area contributed by atoms with Crippen LogP contribution in [0, 0.1) is 0 Å². The Hall–Kier alpha value is -1.24. The maximum absolute atomic E-state index is 12.2. The van der Waals surface area contributed by atoms with Crippen LogP contribution in [-0.2, 0) is 11.2 Å². The summed E-state index contributed by atoms with van der Waals surface area (Å²) >= 11 is 3.05. The highest BCUT2D eigenvalue weighted by atomic mass is 79.9. The first-order valence-electron chi connectivity index (χ1n) is 5.12. The second-order valence-electron chi connectivity index (χ2n) is 3.43. The van der Waals surface area contributed by atoms with Crippen molar-refractivity contribution in [3.05, 3.63) is 28.2 Å². The molecule has 0 aliphatic carbocycles. The molecule has 0 saturated heterocycles. The Kier molecular flexibility index (Phi) is 5.01. The van der Waals surface area contributed by atoms with Gasteiger partial charge in [0.25, 0.3) is 0 Å². The van der Waals surface area contributed by atoms with Crippen LogP contribution in [0.25, 0.3) is 0 Å². The van der Waals surface area contributed by atoms with Gasteiger partial charge in [0, 0.05) is 16.6 Å². The van der Waals surface area contributed by atoms with Gasteiger partial charge in [0.2, 0.25) is 5.91 Å². The lowest BCUT2D eigenvalue weighted by Gasteiger charge is -2.13. The molecule has 3 nitrogen and oxygen atoms in total. The highest BCUT2D eigenvalue weighted by molar-refractivity contribution is 9.10. The summed E-state index contributed by atoms with van der Waals surface area (Å²) in [6.07, 6.45) is -4.94. The van der Waals surface area contributed by atoms with E-state index in [1.165, 1.54) is 12.1 Å². The van der Waals surface area contributed by atoms with Crippen molar-refractivity contribution >= 4 is 21.8 Å². The van der Waals surface area contributed by atoms with Gasteiger partial charge in [-0.05, 0) is 19.1 Å². The second-order valence-corrected chi connectivity index (χ2v) is 4.35. The number of hydrogen-bond donors (Lipinski definition) is 1. The van der Waals surface area contributed by atoms with Crippen molar-refractivity contribution in [3.63, 3.8) is 0 Å². The fraction of sp³-hybridized carbons (Fsp3) is 0.364. The minimum absolute atomic E-state index is 0.160. The Morgan fingerprint density at radius 2 is 2.11 bits per heavy atom. The number of alkyl halides is 3. The summed E-state index contributed by atoms with van der Waals surface area (Å²) in [6, 6.07) is 4.15. The molecule has 1 N–H and O–H groups in total. The molecule has 0 saturated carbocycles. The monoisotopic (exact) mass is 325 g/mol. The van der Waals surface area contributed by atoms with Crippen LogP contribution in [0.4, 0.5) is 13.2 Å². The molecule has 1 rings (SSSR count). The molecule has 0 radical (unpaired) electrons. The summed E-state index contributed by atoms with van der Waals surface area (Å²) in [7, 11) is 0. The number of ether oxygens (including phenoxy) is 1. The Bertz CT molecular complexity index is 435. The highest BCUT2D eigenvalue weighted by Gasteiger charge is 2.32. The Balaban J connectivity index is 2.93. The van der Waals surface area contributed by atoms with Gasteiger partial charge >= 0.3 is 6.36 Å². The van der Waals surface area contributed by atoms with Crippen molar-refractivity contribution < 1.29 is 22.7 Å². The largest absolute Gasteiger partial charge is 0.573 e. The molecule has 100 valence electrons. The minimum atomic E-state index is -4.78. The normalized spacial score (nSPS) is 11.2. The SMILES string of the molecule is CCNC(=O)Cc1ccc(Br)cc1OC(F)(F)F. The average Bonchev–Trinajstić information content (AvgIpc) is 2.20. The molecular weight excluding hydrogens is 315 g/mol. The fourth-order valence-electron chi connectivity index (χ4n) is 1.33. The average molecular weight is 326 g/mol. The Morgan fingerprint density at radius 3 is 2.67 bits per heavy atom. The zero-order valence-corrected chi connectivity index (χ0v) is 11.1. The predicted molar refractivity (Wildman–Crippen MR) is 63.2 cm³/mol. The minimum Gasteiger partial charge on any atom is -0.405 e. The van der Waals surface area contributed by atoms with Crippen LogP contribution in [0.1, 0.15) is 12.5 Å². The van der Waals surface area contributed by atoms with E-state index in [4.69, 9.17) is 0 Å². The van der Waals surface area contributed by atoms with Crippen molar-refractivity contribution in [1.29, 1.82) is 0 Å². The van der Waals surface area contributed by atoms with E-state index in [1.54, 1.807) is 13.0 Å². The molecule has 18 heavy (non-hydrogen) atoms. The molecule has 1 aromatic rings. The van der Waals surface area contributed by atoms with Gasteiger partial charge in [-0.15, -0.1) is 13.2 Å². The van der Waals surface area contributed by atoms with Crippen LogP contribution in [0.3, 0.4) is 0 Å². The van der Waals surface area contributed by atoms with Gasteiger partial charge in [-0.2, -0.15) is 0 Å². The molecule has 0 aromatic heterocycles. The zero-order chi connectivity index (χ0) is 13.8. The molecule has 0 heterocycles. The van der Waals surface area contributed by atoms with Gasteiger partial charge in [-0.25, -0.2) is 0 Å². The van der Waals surface area contributed by atoms with Crippen molar-refractivity contribution in [2.24, 2.45) is 0 Å². The van der Waals surface area contributed by atoms with Crippen LogP contribution in [0.5, 0.6) is 5.75 Å². The molecular formula is C11H11BrF3NO2. The van der Waals surface area contributed by atoms with Gasteiger partial charge in [-0.1, -0.05) is 22.0 Å². The first-order valence-corrected chi connectivity index (χ1v) is 5.92. The number of carbonyl (C=O) groups excluding carboxylic acids is 1. The zero-order valence-electron chi connectivity index (χ0n) is 9.47. The quantitative estimate of drug-likeness (QED) is 0.924. The van der Waals surface area contributed by atoms with Crippen molar-refractivity contribution in [2.75, 3.05) is 6.54 Å². The van der Waals surface area contributed by atoms with Crippen molar-refractivity contribution in [1.82, 2.24) is 5.32 Å². The third-order valence-corrected chi connectivity index (χ3v) is 2.47. The van der Waals surface area contributed by atoms with Gasteiger partial charge in [0.05, 0.1) is 6.42 Å². The van der Waals surface area contributed by atoms with Gasteiger partial charge in [0.15, 0.2) is 0 Å². The van der Waals surface area contributed by atoms with Crippen LogP contribution in [-0.4, -0.2) is 18.8 Å². The van der Waals surface area contributed by atoms with Gasteiger partial charge < -0.3 is 10.1 Å². The first kappa shape index (κ1) is 14.8. The molecule has 1 aromatic carbocycles. The van der Waals surface area contributed by atoms with E-state index in [0.717, 1.165) is 0 Å². The maximum atomic E-state index is 12.2. The summed E-state index contributed by atoms with van der Waals surface area (Å²) in [6.45, 7) is 2.15. The predicted octanol–water partition coefficient (Wildman–Crippen LogP) is 3.03. The molecule has 0 atom stereocenters. The lowest BCUT2D eigenvalue weighted by atomic mass is 10.1. The molecule has 0 unspecified atom stereocenters. The number of nitrogens with one attached hydrogen (secondary N) is 1. The lowest BCUT2D eigenvalue weighted by Crippen LogP contribution is -2.25. The van der Waals surface area contributed by atoms with Crippen molar-refractivity contribution in [2.45, 2.75) is 19.7 Å². The van der Waals surface area contributed by atoms with Crippen molar-refractivity contribution in [3.8, 4) is 5.75 Å². The van der Waals surface area contributed by atoms with Gasteiger partial charge in [0.1, 0.15) is 5.75 Å². The van der Waals surface area contributed by atoms with E-state index in [-0.39, 0.29) is 23.6 Å². The first-order chi connectivity index (χ1) is 8.31. The smallest absolute Gasteiger partial charge is 0.405 e. The molecule has 0 aliphatic rings. The summed E-state index contributed by atoms with van der Waals surface area (Å²) in [5.41, 5.74) is 0.182. The van der Waals surface area contributed by atoms with E-state index in [0.29, 0.717) is 11.0 Å². The Morgan fingerprint density at radius 1 is 1.44 bits per heavy atom.